The molecule has 4 rings (SSSR count). The number of halogens is 3. The Morgan fingerprint density at radius 1 is 1.27 bits per heavy atom. The topological polar surface area (TPSA) is 74.7 Å². The lowest BCUT2D eigenvalue weighted by atomic mass is 9.93. The minimum atomic E-state index is -4.82. The molecule has 30 heavy (non-hydrogen) atoms. The molecule has 1 saturated heterocycles. The summed E-state index contributed by atoms with van der Waals surface area (Å²) in [5.41, 5.74) is 1.74. The molecule has 1 aliphatic heterocycles. The van der Waals surface area contributed by atoms with Crippen molar-refractivity contribution in [3.05, 3.63) is 30.0 Å². The van der Waals surface area contributed by atoms with Gasteiger partial charge in [0.05, 0.1) is 23.4 Å². The maximum atomic E-state index is 12.9. The normalized spacial score (nSPS) is 19.0. The Balaban J connectivity index is 1.70. The zero-order chi connectivity index (χ0) is 21.5. The van der Waals surface area contributed by atoms with Crippen molar-refractivity contribution in [3.8, 4) is 5.75 Å². The van der Waals surface area contributed by atoms with E-state index in [2.05, 4.69) is 19.9 Å². The van der Waals surface area contributed by atoms with Crippen molar-refractivity contribution in [1.82, 2.24) is 10.3 Å². The number of nitrogens with zero attached hydrogens (tertiary/aromatic N) is 2. The van der Waals surface area contributed by atoms with Crippen LogP contribution in [-0.4, -0.2) is 48.1 Å². The number of fused-ring (bicyclic) bond motifs is 1. The SMILES string of the molecule is C[C@H](CO)NC(=O)c1cnc2c(N3CCC4(CC3)CC4)cc(OC(F)(F)F)cc2c1. The predicted molar refractivity (Wildman–Crippen MR) is 106 cm³/mol. The van der Waals surface area contributed by atoms with E-state index in [0.29, 0.717) is 22.0 Å². The summed E-state index contributed by atoms with van der Waals surface area (Å²) in [6.45, 7) is 2.92. The molecule has 2 heterocycles. The number of anilines is 1. The Bertz CT molecular complexity index is 950. The molecule has 2 aliphatic rings. The van der Waals surface area contributed by atoms with Crippen molar-refractivity contribution in [1.29, 1.82) is 0 Å². The number of aliphatic hydroxyl groups is 1. The molecule has 2 aromatic rings. The van der Waals surface area contributed by atoms with Crippen LogP contribution in [0.15, 0.2) is 24.4 Å². The summed E-state index contributed by atoms with van der Waals surface area (Å²) in [5.74, 6) is -0.789. The molecule has 0 radical (unpaired) electrons. The van der Waals surface area contributed by atoms with Crippen LogP contribution in [0.5, 0.6) is 5.75 Å². The van der Waals surface area contributed by atoms with Crippen molar-refractivity contribution in [2.45, 2.75) is 45.0 Å². The van der Waals surface area contributed by atoms with Crippen LogP contribution >= 0.6 is 0 Å². The first-order valence-corrected chi connectivity index (χ1v) is 10.0. The Kier molecular flexibility index (Phi) is 5.25. The monoisotopic (exact) mass is 423 g/mol. The molecule has 1 aromatic carbocycles. The Hall–Kier alpha value is -2.55. The summed E-state index contributed by atoms with van der Waals surface area (Å²) in [7, 11) is 0. The largest absolute Gasteiger partial charge is 0.573 e. The van der Waals surface area contributed by atoms with Crippen LogP contribution in [-0.2, 0) is 0 Å². The number of amides is 1. The fourth-order valence-corrected chi connectivity index (χ4v) is 4.01. The van der Waals surface area contributed by atoms with Gasteiger partial charge in [-0.15, -0.1) is 13.2 Å². The van der Waals surface area contributed by atoms with Gasteiger partial charge in [0, 0.05) is 36.8 Å². The molecular formula is C21H24F3N3O3. The molecule has 1 atom stereocenters. The molecule has 2 fully saturated rings. The second-order valence-corrected chi connectivity index (χ2v) is 8.33. The third-order valence-electron chi connectivity index (χ3n) is 6.01. The molecule has 0 unspecified atom stereocenters. The van der Waals surface area contributed by atoms with Crippen molar-refractivity contribution >= 4 is 22.5 Å². The van der Waals surface area contributed by atoms with Gasteiger partial charge >= 0.3 is 6.36 Å². The minimum absolute atomic E-state index is 0.202. The molecule has 162 valence electrons. The van der Waals surface area contributed by atoms with Gasteiger partial charge in [-0.2, -0.15) is 0 Å². The number of pyridine rings is 1. The molecule has 1 spiro atoms. The van der Waals surface area contributed by atoms with Gasteiger partial charge in [-0.1, -0.05) is 0 Å². The van der Waals surface area contributed by atoms with Gasteiger partial charge in [-0.25, -0.2) is 0 Å². The van der Waals surface area contributed by atoms with Crippen LogP contribution in [0, 0.1) is 5.41 Å². The first-order chi connectivity index (χ1) is 14.2. The van der Waals surface area contributed by atoms with Gasteiger partial charge in [0.15, 0.2) is 0 Å². The van der Waals surface area contributed by atoms with Gasteiger partial charge in [0.1, 0.15) is 5.75 Å². The maximum Gasteiger partial charge on any atom is 0.573 e. The number of rotatable bonds is 5. The Labute approximate surface area is 172 Å². The van der Waals surface area contributed by atoms with E-state index in [-0.39, 0.29) is 17.9 Å². The number of carbonyl (C=O) groups excluding carboxylic acids is 1. The second kappa shape index (κ2) is 7.61. The summed E-state index contributed by atoms with van der Waals surface area (Å²) in [4.78, 5) is 18.8. The van der Waals surface area contributed by atoms with Crippen molar-refractivity contribution < 1.29 is 27.8 Å². The van der Waals surface area contributed by atoms with E-state index in [9.17, 15) is 18.0 Å². The number of aromatic nitrogens is 1. The number of nitrogens with one attached hydrogen (secondary N) is 1. The summed E-state index contributed by atoms with van der Waals surface area (Å²) in [6.07, 6.45) is 1.06. The molecule has 6 nitrogen and oxygen atoms in total. The summed E-state index contributed by atoms with van der Waals surface area (Å²) >= 11 is 0. The van der Waals surface area contributed by atoms with E-state index in [1.54, 1.807) is 6.92 Å². The van der Waals surface area contributed by atoms with Crippen LogP contribution in [0.1, 0.15) is 43.0 Å². The smallest absolute Gasteiger partial charge is 0.406 e. The summed E-state index contributed by atoms with van der Waals surface area (Å²) in [5, 5.41) is 12.1. The molecule has 0 bridgehead atoms. The van der Waals surface area contributed by atoms with E-state index in [1.807, 2.05) is 0 Å². The van der Waals surface area contributed by atoms with Gasteiger partial charge < -0.3 is 20.1 Å². The zero-order valence-corrected chi connectivity index (χ0v) is 16.6. The first kappa shape index (κ1) is 20.7. The lowest BCUT2D eigenvalue weighted by Gasteiger charge is -2.34. The van der Waals surface area contributed by atoms with Crippen LogP contribution in [0.3, 0.4) is 0 Å². The number of benzene rings is 1. The van der Waals surface area contributed by atoms with Crippen molar-refractivity contribution in [2.24, 2.45) is 5.41 Å². The molecule has 1 aromatic heterocycles. The summed E-state index contributed by atoms with van der Waals surface area (Å²) < 4.78 is 42.8. The number of alkyl halides is 3. The molecular weight excluding hydrogens is 399 g/mol. The quantitative estimate of drug-likeness (QED) is 0.768. The van der Waals surface area contributed by atoms with Crippen molar-refractivity contribution in [2.75, 3.05) is 24.6 Å². The van der Waals surface area contributed by atoms with Crippen LogP contribution in [0.25, 0.3) is 10.9 Å². The second-order valence-electron chi connectivity index (χ2n) is 8.33. The van der Waals surface area contributed by atoms with E-state index in [0.717, 1.165) is 25.9 Å². The Morgan fingerprint density at radius 3 is 2.57 bits per heavy atom. The minimum Gasteiger partial charge on any atom is -0.406 e. The number of hydrogen-bond acceptors (Lipinski definition) is 5. The highest BCUT2D eigenvalue weighted by Crippen LogP contribution is 2.54. The molecule has 9 heteroatoms. The van der Waals surface area contributed by atoms with Crippen molar-refractivity contribution in [3.63, 3.8) is 0 Å². The lowest BCUT2D eigenvalue weighted by molar-refractivity contribution is -0.274. The van der Waals surface area contributed by atoms with E-state index in [1.165, 1.54) is 37.2 Å². The number of ether oxygens (including phenoxy) is 1. The third kappa shape index (κ3) is 4.45. The number of hydrogen-bond donors (Lipinski definition) is 2. The average molecular weight is 423 g/mol. The molecule has 1 saturated carbocycles. The van der Waals surface area contributed by atoms with Gasteiger partial charge in [-0.05, 0) is 50.2 Å². The molecule has 1 aliphatic carbocycles. The van der Waals surface area contributed by atoms with E-state index in [4.69, 9.17) is 5.11 Å². The van der Waals surface area contributed by atoms with E-state index < -0.39 is 18.3 Å². The fraction of sp³-hybridized carbons (Fsp3) is 0.524. The van der Waals surface area contributed by atoms with Crippen LogP contribution in [0.4, 0.5) is 18.9 Å². The van der Waals surface area contributed by atoms with Gasteiger partial charge in [0.25, 0.3) is 5.91 Å². The standard InChI is InChI=1S/C21H24F3N3O3/c1-13(12-28)26-19(29)15-8-14-9-16(30-21(22,23)24)10-17(18(14)25-11-15)27-6-4-20(2-3-20)5-7-27/h8-11,13,28H,2-7,12H2,1H3,(H,26,29)/t13-/m1/s1. The lowest BCUT2D eigenvalue weighted by Crippen LogP contribution is -2.35. The highest BCUT2D eigenvalue weighted by molar-refractivity contribution is 6.00. The highest BCUT2D eigenvalue weighted by atomic mass is 19.4. The maximum absolute atomic E-state index is 12.9. The van der Waals surface area contributed by atoms with Gasteiger partial charge in [-0.3, -0.25) is 9.78 Å². The highest BCUT2D eigenvalue weighted by Gasteiger charge is 2.44. The van der Waals surface area contributed by atoms with Crippen LogP contribution in [0.2, 0.25) is 0 Å². The Morgan fingerprint density at radius 2 is 1.97 bits per heavy atom. The average Bonchev–Trinajstić information content (AvgIpc) is 3.45. The van der Waals surface area contributed by atoms with E-state index >= 15 is 0 Å². The zero-order valence-electron chi connectivity index (χ0n) is 16.6. The number of carbonyl (C=O) groups is 1. The first-order valence-electron chi connectivity index (χ1n) is 10.0. The van der Waals surface area contributed by atoms with Gasteiger partial charge in [0.2, 0.25) is 0 Å². The number of piperidine rings is 1. The summed E-state index contributed by atoms with van der Waals surface area (Å²) in [6, 6.07) is 3.67. The molecule has 2 N–H and O–H groups in total. The molecule has 1 amide bonds. The van der Waals surface area contributed by atoms with Crippen LogP contribution < -0.4 is 15.0 Å². The number of aliphatic hydroxyl groups excluding tert-OH is 1. The predicted octanol–water partition coefficient (Wildman–Crippen LogP) is 3.62. The third-order valence-corrected chi connectivity index (χ3v) is 6.01. The fourth-order valence-electron chi connectivity index (χ4n) is 4.01.